The van der Waals surface area contributed by atoms with E-state index in [4.69, 9.17) is 0 Å². The predicted molar refractivity (Wildman–Crippen MR) is 155 cm³/mol. The molecule has 1 aliphatic heterocycles. The molecule has 1 saturated heterocycles. The molecule has 3 aromatic rings. The van der Waals surface area contributed by atoms with E-state index >= 15 is 0 Å². The van der Waals surface area contributed by atoms with E-state index in [0.717, 1.165) is 0 Å². The van der Waals surface area contributed by atoms with E-state index < -0.39 is 7.92 Å². The Bertz CT molecular complexity index is 1180. The number of carbonyl (C=O) groups is 1. The number of aryl methyl sites for hydroxylation is 4. The maximum Gasteiger partial charge on any atom is 0.134 e. The van der Waals surface area contributed by atoms with Crippen molar-refractivity contribution in [2.45, 2.75) is 93.4 Å². The fraction of sp³-hybridized carbons (Fsp3) is 0.424. The Kier molecular flexibility index (Phi) is 7.14. The molecule has 1 fully saturated rings. The second kappa shape index (κ2) is 9.67. The SMILES string of the molecule is Cc1cc(C)c(C)c(-c2cccc(-c3c(C)c(C)cc(C)c3C)c2P2C(C)CC(=O)CC2C)c1C. The highest BCUT2D eigenvalue weighted by Gasteiger charge is 2.36. The molecule has 1 nitrogen and oxygen atoms in total. The van der Waals surface area contributed by atoms with Gasteiger partial charge in [0.05, 0.1) is 0 Å². The molecule has 0 radical (unpaired) electrons. The molecule has 1 heterocycles. The van der Waals surface area contributed by atoms with Crippen molar-refractivity contribution in [2.75, 3.05) is 0 Å². The van der Waals surface area contributed by atoms with Crippen LogP contribution in [0, 0.1) is 55.4 Å². The topological polar surface area (TPSA) is 17.1 Å². The first kappa shape index (κ1) is 25.8. The van der Waals surface area contributed by atoms with Gasteiger partial charge in [0.1, 0.15) is 5.78 Å². The summed E-state index contributed by atoms with van der Waals surface area (Å²) in [5.41, 5.74) is 17.3. The van der Waals surface area contributed by atoms with Crippen molar-refractivity contribution in [1.82, 2.24) is 0 Å². The average molecular weight is 485 g/mol. The number of ketones is 1. The van der Waals surface area contributed by atoms with Gasteiger partial charge in [-0.15, -0.1) is 0 Å². The van der Waals surface area contributed by atoms with Gasteiger partial charge in [0, 0.05) is 12.8 Å². The summed E-state index contributed by atoms with van der Waals surface area (Å²) in [4.78, 5) is 12.6. The lowest BCUT2D eigenvalue weighted by Gasteiger charge is -2.38. The molecule has 2 heteroatoms. The molecule has 1 aliphatic rings. The summed E-state index contributed by atoms with van der Waals surface area (Å²) in [6.07, 6.45) is 1.42. The van der Waals surface area contributed by atoms with Crippen LogP contribution in [0.1, 0.15) is 71.2 Å². The van der Waals surface area contributed by atoms with E-state index in [1.165, 1.54) is 72.1 Å². The Balaban J connectivity index is 2.16. The lowest BCUT2D eigenvalue weighted by atomic mass is 9.85. The average Bonchev–Trinajstić information content (AvgIpc) is 2.77. The quantitative estimate of drug-likeness (QED) is 0.340. The minimum atomic E-state index is -0.514. The number of rotatable bonds is 3. The van der Waals surface area contributed by atoms with E-state index in [1.54, 1.807) is 0 Å². The summed E-state index contributed by atoms with van der Waals surface area (Å²) in [7, 11) is -0.514. The zero-order valence-corrected chi connectivity index (χ0v) is 24.2. The second-order valence-corrected chi connectivity index (χ2v) is 14.0. The Morgan fingerprint density at radius 2 is 0.971 bits per heavy atom. The first-order valence-corrected chi connectivity index (χ1v) is 14.5. The van der Waals surface area contributed by atoms with Crippen molar-refractivity contribution >= 4 is 19.0 Å². The lowest BCUT2D eigenvalue weighted by Crippen LogP contribution is -2.30. The van der Waals surface area contributed by atoms with Gasteiger partial charge in [0.2, 0.25) is 0 Å². The number of carbonyl (C=O) groups excluding carboxylic acids is 1. The first-order chi connectivity index (χ1) is 16.4. The third kappa shape index (κ3) is 4.42. The fourth-order valence-electron chi connectivity index (χ4n) is 6.28. The van der Waals surface area contributed by atoms with Crippen LogP contribution in [0.3, 0.4) is 0 Å². The van der Waals surface area contributed by atoms with Gasteiger partial charge in [-0.3, -0.25) is 4.79 Å². The van der Waals surface area contributed by atoms with Crippen LogP contribution >= 0.6 is 7.92 Å². The summed E-state index contributed by atoms with van der Waals surface area (Å²) in [5.74, 6) is 0.431. The zero-order chi connectivity index (χ0) is 25.8. The molecule has 35 heavy (non-hydrogen) atoms. The van der Waals surface area contributed by atoms with E-state index in [1.807, 2.05) is 0 Å². The molecule has 0 saturated carbocycles. The predicted octanol–water partition coefficient (Wildman–Crippen LogP) is 8.74. The number of hydrogen-bond donors (Lipinski definition) is 0. The van der Waals surface area contributed by atoms with Crippen LogP contribution in [-0.4, -0.2) is 17.1 Å². The smallest absolute Gasteiger partial charge is 0.134 e. The van der Waals surface area contributed by atoms with Crippen LogP contribution in [0.2, 0.25) is 0 Å². The number of benzene rings is 3. The van der Waals surface area contributed by atoms with Crippen LogP contribution in [0.25, 0.3) is 22.3 Å². The third-order valence-electron chi connectivity index (χ3n) is 8.56. The Hall–Kier alpha value is -2.24. The maximum atomic E-state index is 12.6. The molecule has 184 valence electrons. The molecule has 0 amide bonds. The molecule has 2 atom stereocenters. The van der Waals surface area contributed by atoms with Gasteiger partial charge in [0.25, 0.3) is 0 Å². The number of hydrogen-bond acceptors (Lipinski definition) is 1. The first-order valence-electron chi connectivity index (χ1n) is 13.0. The van der Waals surface area contributed by atoms with Gasteiger partial charge in [0.15, 0.2) is 0 Å². The van der Waals surface area contributed by atoms with Gasteiger partial charge in [-0.2, -0.15) is 0 Å². The Labute approximate surface area is 214 Å². The van der Waals surface area contributed by atoms with Gasteiger partial charge < -0.3 is 0 Å². The van der Waals surface area contributed by atoms with E-state index in [0.29, 0.717) is 29.9 Å². The van der Waals surface area contributed by atoms with Gasteiger partial charge in [-0.25, -0.2) is 0 Å². The Morgan fingerprint density at radius 1 is 0.629 bits per heavy atom. The molecular weight excluding hydrogens is 443 g/mol. The molecule has 0 spiro atoms. The molecule has 4 rings (SSSR count). The number of Topliss-reactive ketones (excluding diaryl/α,β-unsaturated/α-hetero) is 1. The lowest BCUT2D eigenvalue weighted by molar-refractivity contribution is -0.119. The zero-order valence-electron chi connectivity index (χ0n) is 23.3. The van der Waals surface area contributed by atoms with Crippen LogP contribution in [0.4, 0.5) is 0 Å². The third-order valence-corrected chi connectivity index (χ3v) is 11.8. The maximum absolute atomic E-state index is 12.6. The molecule has 0 N–H and O–H groups in total. The van der Waals surface area contributed by atoms with Crippen molar-refractivity contribution in [3.8, 4) is 22.3 Å². The van der Waals surface area contributed by atoms with Crippen molar-refractivity contribution in [3.63, 3.8) is 0 Å². The molecule has 0 aromatic heterocycles. The molecule has 0 bridgehead atoms. The highest BCUT2D eigenvalue weighted by molar-refractivity contribution is 7.67. The standard InChI is InChI=1S/C33H41OP/c1-18-14-19(2)25(8)31(24(18)7)29-12-11-13-30(32-26(9)20(3)15-21(4)27(32)10)33(29)35-22(5)16-28(34)17-23(35)6/h11-15,22-23H,16-17H2,1-10H3. The summed E-state index contributed by atoms with van der Waals surface area (Å²) >= 11 is 0. The minimum Gasteiger partial charge on any atom is -0.300 e. The van der Waals surface area contributed by atoms with Crippen LogP contribution < -0.4 is 5.30 Å². The van der Waals surface area contributed by atoms with Crippen LogP contribution in [0.15, 0.2) is 30.3 Å². The van der Waals surface area contributed by atoms with Crippen LogP contribution in [0.5, 0.6) is 0 Å². The molecule has 2 unspecified atom stereocenters. The second-order valence-electron chi connectivity index (χ2n) is 11.0. The largest absolute Gasteiger partial charge is 0.300 e. The van der Waals surface area contributed by atoms with Crippen molar-refractivity contribution in [3.05, 3.63) is 74.8 Å². The van der Waals surface area contributed by atoms with Crippen LogP contribution in [-0.2, 0) is 4.79 Å². The van der Waals surface area contributed by atoms with Gasteiger partial charge in [-0.1, -0.05) is 52.1 Å². The van der Waals surface area contributed by atoms with Crippen molar-refractivity contribution in [2.24, 2.45) is 0 Å². The molecule has 3 aromatic carbocycles. The van der Waals surface area contributed by atoms with Gasteiger partial charge >= 0.3 is 0 Å². The summed E-state index contributed by atoms with van der Waals surface area (Å²) in [5, 5.41) is 1.52. The monoisotopic (exact) mass is 484 g/mol. The Morgan fingerprint density at radius 3 is 1.31 bits per heavy atom. The summed E-state index contributed by atoms with van der Waals surface area (Å²) in [6, 6.07) is 11.6. The highest BCUT2D eigenvalue weighted by Crippen LogP contribution is 2.55. The van der Waals surface area contributed by atoms with Crippen molar-refractivity contribution < 1.29 is 4.79 Å². The normalized spacial score (nSPS) is 20.4. The summed E-state index contributed by atoms with van der Waals surface area (Å²) < 4.78 is 0. The van der Waals surface area contributed by atoms with Gasteiger partial charge in [-0.05, 0) is 139 Å². The van der Waals surface area contributed by atoms with Crippen molar-refractivity contribution in [1.29, 1.82) is 0 Å². The van der Waals surface area contributed by atoms with E-state index in [9.17, 15) is 4.79 Å². The molecular formula is C33H41OP. The summed E-state index contributed by atoms with van der Waals surface area (Å²) in [6.45, 7) is 22.7. The molecule has 0 aliphatic carbocycles. The highest BCUT2D eigenvalue weighted by atomic mass is 31.1. The van der Waals surface area contributed by atoms with E-state index in [2.05, 4.69) is 99.6 Å². The minimum absolute atomic E-state index is 0.388. The fourth-order valence-corrected chi connectivity index (χ4v) is 9.76. The van der Waals surface area contributed by atoms with E-state index in [-0.39, 0.29) is 0 Å².